The van der Waals surface area contributed by atoms with Gasteiger partial charge in [-0.15, -0.1) is 11.3 Å². The van der Waals surface area contributed by atoms with Gasteiger partial charge >= 0.3 is 0 Å². The maximum Gasteiger partial charge on any atom is 0.268 e. The number of nitrogens with two attached hydrogens (primary N) is 1. The zero-order chi connectivity index (χ0) is 14.9. The molecule has 0 atom stereocenters. The van der Waals surface area contributed by atoms with Crippen molar-refractivity contribution in [2.75, 3.05) is 17.2 Å². The minimum absolute atomic E-state index is 0.0917. The second kappa shape index (κ2) is 5.54. The molecule has 5 heteroatoms. The highest BCUT2D eigenvalue weighted by Gasteiger charge is 2.20. The highest BCUT2D eigenvalue weighted by Crippen LogP contribution is 2.29. The van der Waals surface area contributed by atoms with Crippen LogP contribution in [0.15, 0.2) is 24.3 Å². The van der Waals surface area contributed by atoms with Gasteiger partial charge < -0.3 is 15.7 Å². The number of carbonyl (C=O) groups is 1. The van der Waals surface area contributed by atoms with Crippen LogP contribution in [0.5, 0.6) is 5.75 Å². The average molecular weight is 290 g/mol. The van der Waals surface area contributed by atoms with Crippen molar-refractivity contribution in [2.45, 2.75) is 20.8 Å². The lowest BCUT2D eigenvalue weighted by molar-refractivity contribution is 0.0992. The number of nitrogen functional groups attached to an aromatic ring is 1. The SMILES string of the molecule is CCN(C(=O)c1cc(N)c(C)s1)c1cc(O)ccc1C. The first kappa shape index (κ1) is 14.4. The molecule has 0 aliphatic rings. The first-order valence-corrected chi connectivity index (χ1v) is 7.23. The van der Waals surface area contributed by atoms with E-state index in [1.165, 1.54) is 11.3 Å². The van der Waals surface area contributed by atoms with Crippen LogP contribution in [-0.2, 0) is 0 Å². The second-order valence-corrected chi connectivity index (χ2v) is 5.90. The summed E-state index contributed by atoms with van der Waals surface area (Å²) in [4.78, 5) is 15.8. The topological polar surface area (TPSA) is 66.6 Å². The standard InChI is InChI=1S/C15H18N2O2S/c1-4-17(13-7-11(18)6-5-9(13)2)15(19)14-8-12(16)10(3)20-14/h5-8,18H,4,16H2,1-3H3. The van der Waals surface area contributed by atoms with Crippen LogP contribution in [0.3, 0.4) is 0 Å². The average Bonchev–Trinajstić information content (AvgIpc) is 2.74. The molecule has 0 spiro atoms. The van der Waals surface area contributed by atoms with Gasteiger partial charge in [0, 0.05) is 23.2 Å². The minimum atomic E-state index is -0.0917. The fraction of sp³-hybridized carbons (Fsp3) is 0.267. The van der Waals surface area contributed by atoms with E-state index in [1.54, 1.807) is 29.2 Å². The molecule has 1 aromatic heterocycles. The van der Waals surface area contributed by atoms with Gasteiger partial charge in [0.1, 0.15) is 5.75 Å². The lowest BCUT2D eigenvalue weighted by Gasteiger charge is -2.22. The summed E-state index contributed by atoms with van der Waals surface area (Å²) in [5.74, 6) is 0.0599. The normalized spacial score (nSPS) is 10.6. The highest BCUT2D eigenvalue weighted by molar-refractivity contribution is 7.14. The van der Waals surface area contributed by atoms with E-state index in [9.17, 15) is 9.90 Å². The summed E-state index contributed by atoms with van der Waals surface area (Å²) in [5, 5.41) is 9.63. The summed E-state index contributed by atoms with van der Waals surface area (Å²) in [6, 6.07) is 6.74. The van der Waals surface area contributed by atoms with Crippen molar-refractivity contribution in [3.63, 3.8) is 0 Å². The minimum Gasteiger partial charge on any atom is -0.508 e. The van der Waals surface area contributed by atoms with Crippen LogP contribution in [0.1, 0.15) is 27.0 Å². The van der Waals surface area contributed by atoms with Crippen molar-refractivity contribution >= 4 is 28.6 Å². The number of aromatic hydroxyl groups is 1. The van der Waals surface area contributed by atoms with Crippen molar-refractivity contribution in [1.82, 2.24) is 0 Å². The van der Waals surface area contributed by atoms with E-state index in [2.05, 4.69) is 0 Å². The van der Waals surface area contributed by atoms with E-state index >= 15 is 0 Å². The molecule has 0 radical (unpaired) electrons. The number of phenolic OH excluding ortho intramolecular Hbond substituents is 1. The second-order valence-electron chi connectivity index (χ2n) is 4.64. The van der Waals surface area contributed by atoms with Crippen LogP contribution in [0, 0.1) is 13.8 Å². The van der Waals surface area contributed by atoms with Gasteiger partial charge in [0.05, 0.1) is 10.6 Å². The molecule has 3 N–H and O–H groups in total. The molecule has 1 heterocycles. The summed E-state index contributed by atoms with van der Waals surface area (Å²) in [6.07, 6.45) is 0. The predicted molar refractivity (Wildman–Crippen MR) is 83.7 cm³/mol. The number of nitrogens with zero attached hydrogens (tertiary/aromatic N) is 1. The number of phenols is 1. The van der Waals surface area contributed by atoms with Crippen LogP contribution in [0.2, 0.25) is 0 Å². The molecule has 0 saturated carbocycles. The number of hydrogen-bond donors (Lipinski definition) is 2. The number of hydrogen-bond acceptors (Lipinski definition) is 4. The smallest absolute Gasteiger partial charge is 0.268 e. The zero-order valence-corrected chi connectivity index (χ0v) is 12.6. The van der Waals surface area contributed by atoms with E-state index in [1.807, 2.05) is 20.8 Å². The first-order valence-electron chi connectivity index (χ1n) is 6.41. The van der Waals surface area contributed by atoms with Gasteiger partial charge in [0.15, 0.2) is 0 Å². The molecule has 0 saturated heterocycles. The van der Waals surface area contributed by atoms with Gasteiger partial charge in [0.25, 0.3) is 5.91 Å². The lowest BCUT2D eigenvalue weighted by atomic mass is 10.1. The van der Waals surface area contributed by atoms with Crippen LogP contribution in [0.25, 0.3) is 0 Å². The maximum absolute atomic E-state index is 12.6. The molecule has 0 bridgehead atoms. The Balaban J connectivity index is 2.41. The third-order valence-electron chi connectivity index (χ3n) is 3.21. The third kappa shape index (κ3) is 2.63. The maximum atomic E-state index is 12.6. The van der Waals surface area contributed by atoms with Crippen molar-refractivity contribution in [1.29, 1.82) is 0 Å². The van der Waals surface area contributed by atoms with E-state index in [-0.39, 0.29) is 11.7 Å². The number of amides is 1. The van der Waals surface area contributed by atoms with Crippen molar-refractivity contribution in [2.24, 2.45) is 0 Å². The molecule has 2 aromatic rings. The Bertz CT molecular complexity index is 630. The fourth-order valence-electron chi connectivity index (χ4n) is 2.05. The molecule has 4 nitrogen and oxygen atoms in total. The van der Waals surface area contributed by atoms with E-state index < -0.39 is 0 Å². The van der Waals surface area contributed by atoms with E-state index in [4.69, 9.17) is 5.73 Å². The molecule has 20 heavy (non-hydrogen) atoms. The summed E-state index contributed by atoms with van der Waals surface area (Å²) in [5.41, 5.74) is 8.12. The Morgan fingerprint density at radius 2 is 2.05 bits per heavy atom. The van der Waals surface area contributed by atoms with Gasteiger partial charge in [-0.25, -0.2) is 0 Å². The number of rotatable bonds is 3. The number of benzene rings is 1. The van der Waals surface area contributed by atoms with E-state index in [0.29, 0.717) is 17.1 Å². The number of thiophene rings is 1. The summed E-state index contributed by atoms with van der Waals surface area (Å²) < 4.78 is 0. The first-order chi connectivity index (χ1) is 9.43. The number of carbonyl (C=O) groups excluding carboxylic acids is 1. The lowest BCUT2D eigenvalue weighted by Crippen LogP contribution is -2.30. The van der Waals surface area contributed by atoms with Gasteiger partial charge in [-0.1, -0.05) is 6.07 Å². The van der Waals surface area contributed by atoms with Crippen LogP contribution in [-0.4, -0.2) is 17.6 Å². The van der Waals surface area contributed by atoms with Gasteiger partial charge in [-0.2, -0.15) is 0 Å². The Morgan fingerprint density at radius 1 is 1.35 bits per heavy atom. The Labute approximate surface area is 122 Å². The number of anilines is 2. The van der Waals surface area contributed by atoms with Gasteiger partial charge in [0.2, 0.25) is 0 Å². The van der Waals surface area contributed by atoms with E-state index in [0.717, 1.165) is 16.1 Å². The van der Waals surface area contributed by atoms with Crippen molar-refractivity contribution in [3.05, 3.63) is 39.6 Å². The van der Waals surface area contributed by atoms with Crippen LogP contribution >= 0.6 is 11.3 Å². The summed E-state index contributed by atoms with van der Waals surface area (Å²) in [6.45, 7) is 6.25. The largest absolute Gasteiger partial charge is 0.508 e. The zero-order valence-electron chi connectivity index (χ0n) is 11.8. The number of aryl methyl sites for hydroxylation is 2. The fourth-order valence-corrected chi connectivity index (χ4v) is 2.94. The Kier molecular flexibility index (Phi) is 3.99. The van der Waals surface area contributed by atoms with Gasteiger partial charge in [-0.05, 0) is 38.5 Å². The predicted octanol–water partition coefficient (Wildman–Crippen LogP) is 3.32. The quantitative estimate of drug-likeness (QED) is 0.911. The molecular weight excluding hydrogens is 272 g/mol. The molecule has 0 fully saturated rings. The monoisotopic (exact) mass is 290 g/mol. The van der Waals surface area contributed by atoms with Crippen molar-refractivity contribution in [3.8, 4) is 5.75 Å². The summed E-state index contributed by atoms with van der Waals surface area (Å²) >= 11 is 1.39. The third-order valence-corrected chi connectivity index (χ3v) is 4.27. The summed E-state index contributed by atoms with van der Waals surface area (Å²) in [7, 11) is 0. The molecule has 1 amide bonds. The Hall–Kier alpha value is -2.01. The van der Waals surface area contributed by atoms with Gasteiger partial charge in [-0.3, -0.25) is 4.79 Å². The molecule has 0 unspecified atom stereocenters. The molecule has 2 rings (SSSR count). The molecular formula is C15H18N2O2S. The molecule has 1 aromatic carbocycles. The Morgan fingerprint density at radius 3 is 2.60 bits per heavy atom. The highest BCUT2D eigenvalue weighted by atomic mass is 32.1. The van der Waals surface area contributed by atoms with Crippen LogP contribution < -0.4 is 10.6 Å². The molecule has 106 valence electrons. The van der Waals surface area contributed by atoms with Crippen molar-refractivity contribution < 1.29 is 9.90 Å². The molecule has 0 aliphatic carbocycles. The van der Waals surface area contributed by atoms with Crippen LogP contribution in [0.4, 0.5) is 11.4 Å². The molecule has 0 aliphatic heterocycles.